The summed E-state index contributed by atoms with van der Waals surface area (Å²) in [4.78, 5) is 11.3. The molecule has 3 rings (SSSR count). The maximum Gasteiger partial charge on any atom is 0.336 e. The molecule has 0 spiro atoms. The maximum atomic E-state index is 12.4. The molecule has 5 nitrogen and oxygen atoms in total. The van der Waals surface area contributed by atoms with E-state index in [1.54, 1.807) is 6.07 Å². The molecule has 118 valence electrons. The van der Waals surface area contributed by atoms with Gasteiger partial charge in [0.25, 0.3) is 0 Å². The lowest BCUT2D eigenvalue weighted by Gasteiger charge is -2.08. The van der Waals surface area contributed by atoms with Gasteiger partial charge in [-0.25, -0.2) is 17.9 Å². The molecule has 1 N–H and O–H groups in total. The van der Waals surface area contributed by atoms with Crippen molar-refractivity contribution in [1.29, 1.82) is 0 Å². The quantitative estimate of drug-likeness (QED) is 0.746. The number of aryl methyl sites for hydroxylation is 1. The van der Waals surface area contributed by atoms with Crippen LogP contribution in [0, 0.1) is 6.92 Å². The van der Waals surface area contributed by atoms with E-state index in [9.17, 15) is 13.2 Å². The van der Waals surface area contributed by atoms with Gasteiger partial charge >= 0.3 is 5.63 Å². The van der Waals surface area contributed by atoms with Gasteiger partial charge in [0.1, 0.15) is 5.58 Å². The highest BCUT2D eigenvalue weighted by atomic mass is 32.2. The number of hydrogen-bond acceptors (Lipinski definition) is 4. The zero-order valence-corrected chi connectivity index (χ0v) is 13.3. The topological polar surface area (TPSA) is 76.4 Å². The van der Waals surface area contributed by atoms with Gasteiger partial charge in [0.15, 0.2) is 0 Å². The SMILES string of the molecule is Cc1cccc(CNS(=O)(=O)c2ccc3oc(=O)ccc3c2)c1. The van der Waals surface area contributed by atoms with Crippen LogP contribution in [0.25, 0.3) is 11.0 Å². The minimum absolute atomic E-state index is 0.131. The maximum absolute atomic E-state index is 12.4. The summed E-state index contributed by atoms with van der Waals surface area (Å²) in [6.45, 7) is 2.17. The molecule has 6 heteroatoms. The highest BCUT2D eigenvalue weighted by Gasteiger charge is 2.14. The van der Waals surface area contributed by atoms with E-state index in [2.05, 4.69) is 4.72 Å². The van der Waals surface area contributed by atoms with Gasteiger partial charge in [0.2, 0.25) is 10.0 Å². The predicted octanol–water partition coefficient (Wildman–Crippen LogP) is 2.58. The van der Waals surface area contributed by atoms with Gasteiger partial charge in [0, 0.05) is 18.0 Å². The molecule has 0 aliphatic rings. The van der Waals surface area contributed by atoms with Crippen molar-refractivity contribution in [3.8, 4) is 0 Å². The first-order valence-corrected chi connectivity index (χ1v) is 8.51. The molecule has 0 saturated heterocycles. The molecule has 0 unspecified atom stereocenters. The van der Waals surface area contributed by atoms with Crippen LogP contribution in [0.15, 0.2) is 68.7 Å². The summed E-state index contributed by atoms with van der Waals surface area (Å²) in [7, 11) is -3.64. The monoisotopic (exact) mass is 329 g/mol. The third-order valence-corrected chi connectivity index (χ3v) is 4.85. The van der Waals surface area contributed by atoms with Crippen LogP contribution < -0.4 is 10.3 Å². The second-order valence-corrected chi connectivity index (χ2v) is 7.03. The van der Waals surface area contributed by atoms with Crippen molar-refractivity contribution in [2.75, 3.05) is 0 Å². The molecular formula is C17H15NO4S. The molecule has 0 aliphatic heterocycles. The van der Waals surface area contributed by atoms with Crippen molar-refractivity contribution in [2.24, 2.45) is 0 Å². The highest BCUT2D eigenvalue weighted by Crippen LogP contribution is 2.18. The Kier molecular flexibility index (Phi) is 4.02. The van der Waals surface area contributed by atoms with Crippen LogP contribution >= 0.6 is 0 Å². The van der Waals surface area contributed by atoms with Gasteiger partial charge < -0.3 is 4.42 Å². The fourth-order valence-electron chi connectivity index (χ4n) is 2.30. The molecule has 2 aromatic carbocycles. The van der Waals surface area contributed by atoms with E-state index in [0.717, 1.165) is 11.1 Å². The first-order valence-electron chi connectivity index (χ1n) is 7.03. The first kappa shape index (κ1) is 15.5. The van der Waals surface area contributed by atoms with Crippen LogP contribution in [0.1, 0.15) is 11.1 Å². The fraction of sp³-hybridized carbons (Fsp3) is 0.118. The zero-order chi connectivity index (χ0) is 16.4. The Hall–Kier alpha value is -2.44. The van der Waals surface area contributed by atoms with Crippen molar-refractivity contribution in [1.82, 2.24) is 4.72 Å². The first-order chi connectivity index (χ1) is 10.9. The normalized spacial score (nSPS) is 11.7. The Bertz CT molecular complexity index is 1020. The third-order valence-electron chi connectivity index (χ3n) is 3.45. The minimum atomic E-state index is -3.64. The molecule has 0 saturated carbocycles. The molecule has 0 aliphatic carbocycles. The van der Waals surface area contributed by atoms with Crippen molar-refractivity contribution in [2.45, 2.75) is 18.4 Å². The summed E-state index contributed by atoms with van der Waals surface area (Å²) < 4.78 is 32.4. The molecule has 0 amide bonds. The second kappa shape index (κ2) is 5.98. The molecule has 1 aromatic heterocycles. The van der Waals surface area contributed by atoms with Crippen molar-refractivity contribution in [3.63, 3.8) is 0 Å². The van der Waals surface area contributed by atoms with Gasteiger partial charge in [-0.05, 0) is 36.8 Å². The van der Waals surface area contributed by atoms with E-state index >= 15 is 0 Å². The van der Waals surface area contributed by atoms with E-state index in [1.807, 2.05) is 31.2 Å². The molecule has 23 heavy (non-hydrogen) atoms. The van der Waals surface area contributed by atoms with Gasteiger partial charge in [-0.1, -0.05) is 29.8 Å². The van der Waals surface area contributed by atoms with Crippen LogP contribution in [0.5, 0.6) is 0 Å². The van der Waals surface area contributed by atoms with Crippen LogP contribution in [0.4, 0.5) is 0 Å². The lowest BCUT2D eigenvalue weighted by atomic mass is 10.1. The summed E-state index contributed by atoms with van der Waals surface area (Å²) in [5.41, 5.74) is 1.85. The summed E-state index contributed by atoms with van der Waals surface area (Å²) in [6.07, 6.45) is 0. The Morgan fingerprint density at radius 3 is 2.65 bits per heavy atom. The van der Waals surface area contributed by atoms with Crippen LogP contribution in [-0.4, -0.2) is 8.42 Å². The Morgan fingerprint density at radius 1 is 1.04 bits per heavy atom. The summed E-state index contributed by atoms with van der Waals surface area (Å²) in [6, 6.07) is 14.8. The lowest BCUT2D eigenvalue weighted by Crippen LogP contribution is -2.23. The van der Waals surface area contributed by atoms with E-state index in [-0.39, 0.29) is 11.4 Å². The van der Waals surface area contributed by atoms with Gasteiger partial charge in [-0.3, -0.25) is 0 Å². The van der Waals surface area contributed by atoms with Crippen LogP contribution in [-0.2, 0) is 16.6 Å². The molecule has 0 fully saturated rings. The van der Waals surface area contributed by atoms with Crippen LogP contribution in [0.2, 0.25) is 0 Å². The number of benzene rings is 2. The number of nitrogens with one attached hydrogen (secondary N) is 1. The van der Waals surface area contributed by atoms with E-state index in [1.165, 1.54) is 24.3 Å². The molecule has 0 radical (unpaired) electrons. The Balaban J connectivity index is 1.87. The molecule has 0 atom stereocenters. The molecular weight excluding hydrogens is 314 g/mol. The fourth-order valence-corrected chi connectivity index (χ4v) is 3.35. The summed E-state index contributed by atoms with van der Waals surface area (Å²) in [5, 5.41) is 0.558. The number of rotatable bonds is 4. The summed E-state index contributed by atoms with van der Waals surface area (Å²) >= 11 is 0. The number of fused-ring (bicyclic) bond motifs is 1. The zero-order valence-electron chi connectivity index (χ0n) is 12.4. The summed E-state index contributed by atoms with van der Waals surface area (Å²) in [5.74, 6) is 0. The lowest BCUT2D eigenvalue weighted by molar-refractivity contribution is 0.560. The molecule has 1 heterocycles. The Morgan fingerprint density at radius 2 is 1.87 bits per heavy atom. The number of hydrogen-bond donors (Lipinski definition) is 1. The standard InChI is InChI=1S/C17H15NO4S/c1-12-3-2-4-13(9-12)11-18-23(20,21)15-6-7-16-14(10-15)5-8-17(19)22-16/h2-10,18H,11H2,1H3. The van der Waals surface area contributed by atoms with Gasteiger partial charge in [-0.2, -0.15) is 0 Å². The van der Waals surface area contributed by atoms with Gasteiger partial charge in [0.05, 0.1) is 4.90 Å². The largest absolute Gasteiger partial charge is 0.423 e. The van der Waals surface area contributed by atoms with Crippen molar-refractivity contribution in [3.05, 3.63) is 76.1 Å². The average Bonchev–Trinajstić information content (AvgIpc) is 2.52. The second-order valence-electron chi connectivity index (χ2n) is 5.27. The Labute approximate surface area is 133 Å². The highest BCUT2D eigenvalue weighted by molar-refractivity contribution is 7.89. The molecule has 0 bridgehead atoms. The third kappa shape index (κ3) is 3.49. The van der Waals surface area contributed by atoms with Gasteiger partial charge in [-0.15, -0.1) is 0 Å². The van der Waals surface area contributed by atoms with E-state index in [0.29, 0.717) is 11.0 Å². The van der Waals surface area contributed by atoms with Crippen molar-refractivity contribution < 1.29 is 12.8 Å². The van der Waals surface area contributed by atoms with Crippen molar-refractivity contribution >= 4 is 21.0 Å². The minimum Gasteiger partial charge on any atom is -0.423 e. The van der Waals surface area contributed by atoms with E-state index in [4.69, 9.17) is 4.42 Å². The smallest absolute Gasteiger partial charge is 0.336 e. The van der Waals surface area contributed by atoms with E-state index < -0.39 is 15.6 Å². The predicted molar refractivity (Wildman–Crippen MR) is 87.7 cm³/mol. The number of sulfonamides is 1. The van der Waals surface area contributed by atoms with Crippen LogP contribution in [0.3, 0.4) is 0 Å². The average molecular weight is 329 g/mol. The molecule has 3 aromatic rings.